The lowest BCUT2D eigenvalue weighted by Crippen LogP contribution is -2.69. The lowest BCUT2D eigenvalue weighted by molar-refractivity contribution is -0.282. The first-order valence-corrected chi connectivity index (χ1v) is 18.2. The molecule has 9 nitrogen and oxygen atoms in total. The fourth-order valence-electron chi connectivity index (χ4n) is 11.4. The van der Waals surface area contributed by atoms with Gasteiger partial charge in [0.15, 0.2) is 6.29 Å². The summed E-state index contributed by atoms with van der Waals surface area (Å²) in [5, 5.41) is 46.0. The summed E-state index contributed by atoms with van der Waals surface area (Å²) < 4.78 is 17.6. The Hall–Kier alpha value is -1.62. The Kier molecular flexibility index (Phi) is 8.84. The van der Waals surface area contributed by atoms with Gasteiger partial charge in [-0.25, -0.2) is 4.79 Å². The third-order valence-corrected chi connectivity index (χ3v) is 13.9. The summed E-state index contributed by atoms with van der Waals surface area (Å²) in [6.45, 7) is 5.01. The second-order valence-corrected chi connectivity index (χ2v) is 16.1. The highest BCUT2D eigenvalue weighted by atomic mass is 16.7. The zero-order valence-electron chi connectivity index (χ0n) is 27.7. The number of carbonyl (C=O) groups excluding carboxylic acids is 1. The van der Waals surface area contributed by atoms with Crippen LogP contribution in [-0.4, -0.2) is 87.7 Å². The Balaban J connectivity index is 1.15. The molecule has 5 aliphatic carbocycles. The average Bonchev–Trinajstić information content (AvgIpc) is 3.58. The van der Waals surface area contributed by atoms with Gasteiger partial charge in [0, 0.05) is 42.5 Å². The SMILES string of the molecule is CC1OC(OC2CC[C@]3(C=NCCC4=CCCCC4)[C@H]4CCC5(C)[C@H](C6=CC(=O)OC6)CCC5(O)C4CCC3(O)C2)CC(O)C1O. The molecule has 9 heteroatoms. The lowest BCUT2D eigenvalue weighted by Gasteiger charge is -2.66. The molecule has 2 aliphatic heterocycles. The smallest absolute Gasteiger partial charge is 0.331 e. The molecule has 0 amide bonds. The maximum atomic E-state index is 12.8. The van der Waals surface area contributed by atoms with E-state index >= 15 is 0 Å². The largest absolute Gasteiger partial charge is 0.458 e. The van der Waals surface area contributed by atoms with E-state index in [1.54, 1.807) is 13.0 Å². The third kappa shape index (κ3) is 5.36. The van der Waals surface area contributed by atoms with E-state index in [4.69, 9.17) is 19.2 Å². The van der Waals surface area contributed by atoms with E-state index in [1.165, 1.54) is 18.4 Å². The molecule has 0 radical (unpaired) electrons. The Labute approximate surface area is 273 Å². The highest BCUT2D eigenvalue weighted by molar-refractivity contribution is 5.85. The van der Waals surface area contributed by atoms with Gasteiger partial charge in [-0.3, -0.25) is 4.99 Å². The predicted molar refractivity (Wildman–Crippen MR) is 172 cm³/mol. The van der Waals surface area contributed by atoms with Gasteiger partial charge in [0.25, 0.3) is 0 Å². The van der Waals surface area contributed by atoms with Crippen molar-refractivity contribution in [1.29, 1.82) is 0 Å². The van der Waals surface area contributed by atoms with Crippen LogP contribution in [0.25, 0.3) is 0 Å². The molecule has 7 aliphatic rings. The van der Waals surface area contributed by atoms with Crippen molar-refractivity contribution in [2.24, 2.45) is 33.6 Å². The van der Waals surface area contributed by atoms with E-state index in [9.17, 15) is 25.2 Å². The number of aliphatic hydroxyl groups is 4. The summed E-state index contributed by atoms with van der Waals surface area (Å²) in [6, 6.07) is 0. The molecule has 0 spiro atoms. The third-order valence-electron chi connectivity index (χ3n) is 13.9. The van der Waals surface area contributed by atoms with Crippen molar-refractivity contribution < 1.29 is 39.4 Å². The molecule has 0 aromatic heterocycles. The first-order chi connectivity index (χ1) is 22.0. The number of carbonyl (C=O) groups is 1. The fraction of sp³-hybridized carbons (Fsp3) is 0.838. The van der Waals surface area contributed by atoms with E-state index in [2.05, 4.69) is 19.2 Å². The van der Waals surface area contributed by atoms with Gasteiger partial charge in [0.2, 0.25) is 0 Å². The maximum absolute atomic E-state index is 12.8. The minimum atomic E-state index is -1.04. The van der Waals surface area contributed by atoms with Crippen LogP contribution in [0.3, 0.4) is 0 Å². The number of fused-ring (bicyclic) bond motifs is 5. The number of nitrogens with zero attached hydrogens (tertiary/aromatic N) is 1. The number of ether oxygens (including phenoxy) is 3. The average molecular weight is 642 g/mol. The van der Waals surface area contributed by atoms with Gasteiger partial charge < -0.3 is 34.6 Å². The first-order valence-electron chi connectivity index (χ1n) is 18.2. The molecule has 1 saturated heterocycles. The molecule has 2 heterocycles. The summed E-state index contributed by atoms with van der Waals surface area (Å²) in [7, 11) is 0. The van der Waals surface area contributed by atoms with E-state index in [-0.39, 0.29) is 41.7 Å². The van der Waals surface area contributed by atoms with E-state index in [1.807, 2.05) is 0 Å². The lowest BCUT2D eigenvalue weighted by atomic mass is 9.41. The Morgan fingerprint density at radius 2 is 1.89 bits per heavy atom. The fourth-order valence-corrected chi connectivity index (χ4v) is 11.4. The van der Waals surface area contributed by atoms with Crippen molar-refractivity contribution in [2.75, 3.05) is 13.2 Å². The molecular weight excluding hydrogens is 586 g/mol. The summed E-state index contributed by atoms with van der Waals surface area (Å²) in [4.78, 5) is 17.1. The van der Waals surface area contributed by atoms with E-state index in [0.29, 0.717) is 38.8 Å². The summed E-state index contributed by atoms with van der Waals surface area (Å²) >= 11 is 0. The van der Waals surface area contributed by atoms with Gasteiger partial charge >= 0.3 is 5.97 Å². The Morgan fingerprint density at radius 1 is 1.07 bits per heavy atom. The van der Waals surface area contributed by atoms with Gasteiger partial charge in [-0.2, -0.15) is 0 Å². The maximum Gasteiger partial charge on any atom is 0.331 e. The molecule has 46 heavy (non-hydrogen) atoms. The van der Waals surface area contributed by atoms with Crippen LogP contribution in [0.5, 0.6) is 0 Å². The second kappa shape index (κ2) is 12.4. The minimum absolute atomic E-state index is 0.0271. The summed E-state index contributed by atoms with van der Waals surface area (Å²) in [5.41, 5.74) is -0.341. The highest BCUT2D eigenvalue weighted by Crippen LogP contribution is 2.70. The molecular formula is C37H55NO8. The predicted octanol–water partition coefficient (Wildman–Crippen LogP) is 4.54. The zero-order valence-corrected chi connectivity index (χ0v) is 27.7. The van der Waals surface area contributed by atoms with Crippen LogP contribution in [0.2, 0.25) is 0 Å². The molecule has 5 fully saturated rings. The van der Waals surface area contributed by atoms with Crippen molar-refractivity contribution in [3.05, 3.63) is 23.3 Å². The number of aliphatic imine (C=N–C) groups is 1. The molecule has 7 rings (SSSR count). The molecule has 4 N–H and O–H groups in total. The van der Waals surface area contributed by atoms with Crippen molar-refractivity contribution in [1.82, 2.24) is 0 Å². The van der Waals surface area contributed by atoms with Crippen LogP contribution < -0.4 is 0 Å². The molecule has 0 aromatic rings. The quantitative estimate of drug-likeness (QED) is 0.138. The summed E-state index contributed by atoms with van der Waals surface area (Å²) in [6.07, 6.45) is 15.3. The molecule has 4 saturated carbocycles. The number of rotatable bonds is 7. The molecule has 0 bridgehead atoms. The van der Waals surface area contributed by atoms with Crippen LogP contribution in [0.15, 0.2) is 28.3 Å². The van der Waals surface area contributed by atoms with Gasteiger partial charge in [0.05, 0.1) is 29.5 Å². The van der Waals surface area contributed by atoms with Crippen molar-refractivity contribution in [3.8, 4) is 0 Å². The van der Waals surface area contributed by atoms with Crippen LogP contribution in [0, 0.1) is 28.6 Å². The number of allylic oxidation sites excluding steroid dienone is 1. The van der Waals surface area contributed by atoms with Crippen molar-refractivity contribution in [3.63, 3.8) is 0 Å². The molecule has 9 unspecified atom stereocenters. The minimum Gasteiger partial charge on any atom is -0.458 e. The normalized spacial score (nSPS) is 49.1. The van der Waals surface area contributed by atoms with Crippen LogP contribution in [-0.2, 0) is 19.0 Å². The number of esters is 1. The van der Waals surface area contributed by atoms with Gasteiger partial charge in [-0.1, -0.05) is 18.6 Å². The van der Waals surface area contributed by atoms with Crippen LogP contribution in [0.1, 0.15) is 110 Å². The molecule has 12 atom stereocenters. The molecule has 256 valence electrons. The van der Waals surface area contributed by atoms with E-state index in [0.717, 1.165) is 56.9 Å². The topological polar surface area (TPSA) is 138 Å². The standard InChI is InChI=1S/C37H55NO8/c1-23-33(41)30(39)19-32(45-23)46-26-8-14-35(22-38-17-12-24-6-4-3-5-7-24)28-9-13-34(2)27(25-18-31(40)44-21-25)11-16-37(34,43)29(28)10-15-36(35,42)20-26/h6,18,22-23,26-30,32-33,39,41-43H,3-5,7-17,19-21H2,1-2H3/t23?,26?,27-,28-,29?,30?,32?,33?,34?,35-,36?,37?/m0/s1. The Bertz CT molecular complexity index is 1250. The zero-order chi connectivity index (χ0) is 32.3. The second-order valence-electron chi connectivity index (χ2n) is 16.1. The number of cyclic esters (lactones) is 1. The Morgan fingerprint density at radius 3 is 2.63 bits per heavy atom. The van der Waals surface area contributed by atoms with Crippen LogP contribution >= 0.6 is 0 Å². The van der Waals surface area contributed by atoms with Crippen LogP contribution in [0.4, 0.5) is 0 Å². The molecule has 0 aromatic carbocycles. The van der Waals surface area contributed by atoms with Gasteiger partial charge in [-0.15, -0.1) is 0 Å². The first kappa shape index (κ1) is 32.9. The van der Waals surface area contributed by atoms with Gasteiger partial charge in [-0.05, 0) is 114 Å². The highest BCUT2D eigenvalue weighted by Gasteiger charge is 2.71. The van der Waals surface area contributed by atoms with Crippen molar-refractivity contribution in [2.45, 2.75) is 152 Å². The summed E-state index contributed by atoms with van der Waals surface area (Å²) in [5.74, 6) is -0.0448. The van der Waals surface area contributed by atoms with Gasteiger partial charge in [0.1, 0.15) is 12.7 Å². The van der Waals surface area contributed by atoms with E-state index < -0.39 is 41.2 Å². The number of hydrogen-bond donors (Lipinski definition) is 4. The number of hydrogen-bond acceptors (Lipinski definition) is 9. The monoisotopic (exact) mass is 641 g/mol. The van der Waals surface area contributed by atoms with Crippen molar-refractivity contribution >= 4 is 12.2 Å². The number of aliphatic hydroxyl groups excluding tert-OH is 2.